The zero-order valence-electron chi connectivity index (χ0n) is 18.5. The lowest BCUT2D eigenvalue weighted by molar-refractivity contribution is 0.325. The molecular weight excluding hydrogens is 452 g/mol. The van der Waals surface area contributed by atoms with Gasteiger partial charge in [0.1, 0.15) is 10.0 Å². The van der Waals surface area contributed by atoms with Crippen molar-refractivity contribution in [3.05, 3.63) is 24.3 Å². The van der Waals surface area contributed by atoms with Crippen LogP contribution in [0.15, 0.2) is 24.3 Å². The van der Waals surface area contributed by atoms with Crippen molar-refractivity contribution in [1.82, 2.24) is 9.97 Å². The topological polar surface area (TPSA) is 81.2 Å². The molecule has 0 fully saturated rings. The van der Waals surface area contributed by atoms with E-state index < -0.39 is 0 Å². The van der Waals surface area contributed by atoms with Crippen molar-refractivity contribution >= 4 is 32.3 Å². The van der Waals surface area contributed by atoms with Crippen LogP contribution in [0.4, 0.5) is 0 Å². The number of rotatable bonds is 8. The van der Waals surface area contributed by atoms with Gasteiger partial charge in [-0.15, -0.1) is 0 Å². The molecule has 8 nitrogen and oxygen atoms in total. The van der Waals surface area contributed by atoms with E-state index in [1.165, 1.54) is 22.7 Å². The molecule has 2 aromatic carbocycles. The van der Waals surface area contributed by atoms with E-state index in [-0.39, 0.29) is 0 Å². The van der Waals surface area contributed by atoms with Crippen LogP contribution in [0.25, 0.3) is 30.8 Å². The fraction of sp³-hybridized carbons (Fsp3) is 0.273. The van der Waals surface area contributed by atoms with Gasteiger partial charge in [0.2, 0.25) is 11.5 Å². The smallest absolute Gasteiger partial charge is 0.204 e. The number of methoxy groups -OCH3 is 6. The molecule has 0 aliphatic carbocycles. The summed E-state index contributed by atoms with van der Waals surface area (Å²) in [7, 11) is 9.52. The molecule has 2 heterocycles. The lowest BCUT2D eigenvalue weighted by Crippen LogP contribution is -1.96. The fourth-order valence-electron chi connectivity index (χ4n) is 3.41. The molecule has 168 valence electrons. The quantitative estimate of drug-likeness (QED) is 0.347. The Kier molecular flexibility index (Phi) is 6.24. The van der Waals surface area contributed by atoms with Crippen LogP contribution >= 0.6 is 22.7 Å². The summed E-state index contributed by atoms with van der Waals surface area (Å²) < 4.78 is 33.0. The molecule has 0 radical (unpaired) electrons. The number of hydrogen-bond donors (Lipinski definition) is 0. The Labute approximate surface area is 193 Å². The van der Waals surface area contributed by atoms with Gasteiger partial charge in [-0.2, -0.15) is 0 Å². The first kappa shape index (κ1) is 22.0. The summed E-state index contributed by atoms with van der Waals surface area (Å²) in [4.78, 5) is 11.2. The predicted molar refractivity (Wildman–Crippen MR) is 125 cm³/mol. The minimum absolute atomic E-state index is 0.523. The van der Waals surface area contributed by atoms with E-state index in [1.807, 2.05) is 24.3 Å². The van der Waals surface area contributed by atoms with Gasteiger partial charge >= 0.3 is 0 Å². The van der Waals surface area contributed by atoms with Gasteiger partial charge in [-0.05, 0) is 24.3 Å². The Morgan fingerprint density at radius 1 is 0.500 bits per heavy atom. The highest BCUT2D eigenvalue weighted by atomic mass is 32.1. The van der Waals surface area contributed by atoms with Crippen LogP contribution in [-0.2, 0) is 0 Å². The molecule has 0 saturated heterocycles. The number of fused-ring (bicyclic) bond motifs is 1. The number of benzene rings is 2. The van der Waals surface area contributed by atoms with Crippen molar-refractivity contribution in [3.63, 3.8) is 0 Å². The average Bonchev–Trinajstić information content (AvgIpc) is 3.41. The van der Waals surface area contributed by atoms with Gasteiger partial charge in [-0.25, -0.2) is 9.97 Å². The number of ether oxygens (including phenoxy) is 6. The maximum absolute atomic E-state index is 5.61. The monoisotopic (exact) mass is 474 g/mol. The summed E-state index contributed by atoms with van der Waals surface area (Å²) >= 11 is 2.95. The second-order valence-corrected chi connectivity index (χ2v) is 8.37. The first-order valence-corrected chi connectivity index (χ1v) is 11.1. The fourth-order valence-corrected chi connectivity index (χ4v) is 5.50. The maximum Gasteiger partial charge on any atom is 0.204 e. The van der Waals surface area contributed by atoms with E-state index in [2.05, 4.69) is 0 Å². The molecule has 0 atom stereocenters. The lowest BCUT2D eigenvalue weighted by atomic mass is 10.2. The van der Waals surface area contributed by atoms with Gasteiger partial charge in [0.15, 0.2) is 32.7 Å². The van der Waals surface area contributed by atoms with Gasteiger partial charge in [-0.3, -0.25) is 0 Å². The van der Waals surface area contributed by atoms with Crippen molar-refractivity contribution in [2.24, 2.45) is 0 Å². The minimum atomic E-state index is 0.523. The van der Waals surface area contributed by atoms with Gasteiger partial charge in [0.25, 0.3) is 0 Å². The summed E-state index contributed by atoms with van der Waals surface area (Å²) in [6.45, 7) is 0. The van der Waals surface area contributed by atoms with Crippen molar-refractivity contribution in [3.8, 4) is 55.6 Å². The molecule has 0 spiro atoms. The molecule has 0 N–H and O–H groups in total. The standard InChI is InChI=1S/C22H22N2O6S2/c1-25-13-9-7-11(15(27-3)17(13)29-5)19-23-21-22(31-19)24-20(32-21)12-8-10-14(26-2)18(30-6)16(12)28-4/h7-10H,1-6H3. The Morgan fingerprint density at radius 3 is 1.19 bits per heavy atom. The summed E-state index contributed by atoms with van der Waals surface area (Å²) in [6, 6.07) is 7.47. The molecule has 0 aliphatic heterocycles. The zero-order valence-corrected chi connectivity index (χ0v) is 20.1. The Morgan fingerprint density at radius 2 is 0.875 bits per heavy atom. The van der Waals surface area contributed by atoms with Crippen LogP contribution in [0.1, 0.15) is 0 Å². The molecule has 10 heteroatoms. The second kappa shape index (κ2) is 9.09. The number of nitrogens with zero attached hydrogens (tertiary/aromatic N) is 2. The molecule has 4 aromatic rings. The summed E-state index contributed by atoms with van der Waals surface area (Å²) in [5.41, 5.74) is 1.62. The summed E-state index contributed by atoms with van der Waals surface area (Å²) in [6.07, 6.45) is 0. The Hall–Kier alpha value is -3.24. The van der Waals surface area contributed by atoms with E-state index >= 15 is 0 Å². The van der Waals surface area contributed by atoms with Crippen molar-refractivity contribution in [1.29, 1.82) is 0 Å². The van der Waals surface area contributed by atoms with E-state index in [1.54, 1.807) is 42.7 Å². The molecule has 0 amide bonds. The van der Waals surface area contributed by atoms with Crippen molar-refractivity contribution in [2.45, 2.75) is 0 Å². The van der Waals surface area contributed by atoms with E-state index in [0.29, 0.717) is 34.5 Å². The van der Waals surface area contributed by atoms with Crippen molar-refractivity contribution in [2.75, 3.05) is 42.7 Å². The van der Waals surface area contributed by atoms with Crippen LogP contribution in [0, 0.1) is 0 Å². The molecule has 0 unspecified atom stereocenters. The Balaban J connectivity index is 1.79. The first-order valence-electron chi connectivity index (χ1n) is 9.46. The van der Waals surface area contributed by atoms with Crippen LogP contribution in [0.3, 0.4) is 0 Å². The molecule has 32 heavy (non-hydrogen) atoms. The highest BCUT2D eigenvalue weighted by Crippen LogP contribution is 2.49. The first-order chi connectivity index (χ1) is 15.6. The molecule has 0 aliphatic rings. The second-order valence-electron chi connectivity index (χ2n) is 6.41. The molecule has 0 saturated carbocycles. The number of aromatic nitrogens is 2. The number of thiazole rings is 2. The lowest BCUT2D eigenvalue weighted by Gasteiger charge is -2.14. The summed E-state index contributed by atoms with van der Waals surface area (Å²) in [5.74, 6) is 3.36. The SMILES string of the molecule is COc1ccc(-c2nc3sc(-c4ccc(OC)c(OC)c4OC)nc3s2)c(OC)c1OC. The van der Waals surface area contributed by atoms with Gasteiger partial charge < -0.3 is 28.4 Å². The summed E-state index contributed by atoms with van der Waals surface area (Å²) in [5, 5.41) is 1.56. The van der Waals surface area contributed by atoms with Crippen LogP contribution in [0.5, 0.6) is 34.5 Å². The van der Waals surface area contributed by atoms with Gasteiger partial charge in [-0.1, -0.05) is 22.7 Å². The maximum atomic E-state index is 5.61. The minimum Gasteiger partial charge on any atom is -0.493 e. The van der Waals surface area contributed by atoms with E-state index in [9.17, 15) is 0 Å². The third-order valence-corrected chi connectivity index (χ3v) is 6.94. The molecular formula is C22H22N2O6S2. The van der Waals surface area contributed by atoms with Gasteiger partial charge in [0.05, 0.1) is 53.8 Å². The van der Waals surface area contributed by atoms with Gasteiger partial charge in [0, 0.05) is 0 Å². The number of hydrogen-bond acceptors (Lipinski definition) is 10. The molecule has 2 aromatic heterocycles. The average molecular weight is 475 g/mol. The molecule has 4 rings (SSSR count). The third kappa shape index (κ3) is 3.55. The van der Waals surface area contributed by atoms with Crippen molar-refractivity contribution < 1.29 is 28.4 Å². The zero-order chi connectivity index (χ0) is 22.8. The van der Waals surface area contributed by atoms with E-state index in [0.717, 1.165) is 30.8 Å². The van der Waals surface area contributed by atoms with Crippen LogP contribution < -0.4 is 28.4 Å². The third-order valence-electron chi connectivity index (χ3n) is 4.85. The van der Waals surface area contributed by atoms with Crippen LogP contribution in [-0.4, -0.2) is 52.6 Å². The van der Waals surface area contributed by atoms with Crippen LogP contribution in [0.2, 0.25) is 0 Å². The normalized spacial score (nSPS) is 10.8. The Bertz CT molecular complexity index is 1140. The highest BCUT2D eigenvalue weighted by Gasteiger charge is 2.23. The highest BCUT2D eigenvalue weighted by molar-refractivity contribution is 7.29. The van der Waals surface area contributed by atoms with E-state index in [4.69, 9.17) is 38.4 Å². The predicted octanol–water partition coefficient (Wildman–Crippen LogP) is 5.14. The largest absolute Gasteiger partial charge is 0.493 e. The molecule has 0 bridgehead atoms.